The third-order valence-electron chi connectivity index (χ3n) is 4.67. The van der Waals surface area contributed by atoms with Gasteiger partial charge in [-0.05, 0) is 28.7 Å². The third-order valence-corrected chi connectivity index (χ3v) is 4.67. The molecular weight excluding hydrogens is 378 g/mol. The van der Waals surface area contributed by atoms with Crippen LogP contribution in [0, 0.1) is 11.8 Å². The van der Waals surface area contributed by atoms with Crippen LogP contribution in [0.1, 0.15) is 54.4 Å². The zero-order chi connectivity index (χ0) is 21.7. The Morgan fingerprint density at radius 2 is 1.77 bits per heavy atom. The monoisotopic (exact) mass is 407 g/mol. The molecule has 2 aromatic carbocycles. The largest absolute Gasteiger partial charge is 0.446 e. The van der Waals surface area contributed by atoms with Gasteiger partial charge in [0.1, 0.15) is 6.26 Å². The molecule has 0 saturated carbocycles. The van der Waals surface area contributed by atoms with Gasteiger partial charge >= 0.3 is 0 Å². The van der Waals surface area contributed by atoms with Gasteiger partial charge in [0.15, 0.2) is 5.69 Å². The molecule has 30 heavy (non-hydrogen) atoms. The first-order valence-corrected chi connectivity index (χ1v) is 10.3. The molecule has 0 fully saturated rings. The molecule has 158 valence electrons. The fourth-order valence-corrected chi connectivity index (χ4v) is 3.28. The summed E-state index contributed by atoms with van der Waals surface area (Å²) in [6, 6.07) is 13.6. The number of aromatic nitrogens is 1. The van der Waals surface area contributed by atoms with Gasteiger partial charge in [0.2, 0.25) is 5.89 Å². The first-order chi connectivity index (χ1) is 14.3. The molecule has 6 nitrogen and oxygen atoms in total. The van der Waals surface area contributed by atoms with Crippen LogP contribution in [0.3, 0.4) is 0 Å². The van der Waals surface area contributed by atoms with E-state index in [2.05, 4.69) is 24.1 Å². The number of carbonyl (C=O) groups is 2. The number of nitrogens with one attached hydrogen (secondary N) is 1. The second kappa shape index (κ2) is 9.57. The zero-order valence-corrected chi connectivity index (χ0v) is 18.0. The normalized spacial score (nSPS) is 11.3. The van der Waals surface area contributed by atoms with Crippen molar-refractivity contribution >= 4 is 22.6 Å². The van der Waals surface area contributed by atoms with E-state index in [1.807, 2.05) is 56.3 Å². The fraction of sp³-hybridized carbons (Fsp3) is 0.375. The number of oxazole rings is 1. The number of hydrogen-bond donors (Lipinski definition) is 1. The Labute approximate surface area is 177 Å². The molecule has 3 rings (SSSR count). The first-order valence-electron chi connectivity index (χ1n) is 10.3. The third kappa shape index (κ3) is 5.26. The minimum Gasteiger partial charge on any atom is -0.446 e. The molecule has 0 unspecified atom stereocenters. The highest BCUT2D eigenvalue weighted by atomic mass is 16.3. The predicted molar refractivity (Wildman–Crippen MR) is 117 cm³/mol. The Balaban J connectivity index is 1.81. The minimum absolute atomic E-state index is 0.0792. The Morgan fingerprint density at radius 3 is 2.50 bits per heavy atom. The van der Waals surface area contributed by atoms with Gasteiger partial charge in [-0.3, -0.25) is 9.59 Å². The van der Waals surface area contributed by atoms with Crippen LogP contribution in [-0.2, 0) is 6.54 Å². The molecule has 0 aliphatic heterocycles. The van der Waals surface area contributed by atoms with Gasteiger partial charge in [-0.25, -0.2) is 4.98 Å². The molecular formula is C24H29N3O3. The zero-order valence-electron chi connectivity index (χ0n) is 18.0. The average molecular weight is 408 g/mol. The lowest BCUT2D eigenvalue weighted by atomic mass is 10.0. The predicted octanol–water partition coefficient (Wildman–Crippen LogP) is 4.51. The van der Waals surface area contributed by atoms with Crippen molar-refractivity contribution in [3.63, 3.8) is 0 Å². The van der Waals surface area contributed by atoms with E-state index in [1.165, 1.54) is 6.26 Å². The molecule has 0 radical (unpaired) electrons. The van der Waals surface area contributed by atoms with Crippen molar-refractivity contribution in [2.45, 2.75) is 34.2 Å². The lowest BCUT2D eigenvalue weighted by Gasteiger charge is -2.24. The van der Waals surface area contributed by atoms with Crippen LogP contribution in [0.15, 0.2) is 53.1 Å². The highest BCUT2D eigenvalue weighted by Crippen LogP contribution is 2.21. The summed E-state index contributed by atoms with van der Waals surface area (Å²) in [5, 5.41) is 4.76. The van der Waals surface area contributed by atoms with Crippen molar-refractivity contribution in [3.05, 3.63) is 65.9 Å². The maximum atomic E-state index is 13.4. The number of benzene rings is 2. The average Bonchev–Trinajstić information content (AvgIpc) is 3.19. The second-order valence-electron chi connectivity index (χ2n) is 8.34. The van der Waals surface area contributed by atoms with Crippen molar-refractivity contribution < 1.29 is 14.0 Å². The molecule has 0 aliphatic carbocycles. The van der Waals surface area contributed by atoms with Crippen LogP contribution in [0.25, 0.3) is 10.8 Å². The molecule has 0 atom stereocenters. The van der Waals surface area contributed by atoms with Gasteiger partial charge in [-0.2, -0.15) is 0 Å². The van der Waals surface area contributed by atoms with Crippen molar-refractivity contribution in [2.24, 2.45) is 11.8 Å². The van der Waals surface area contributed by atoms with Crippen LogP contribution in [0.2, 0.25) is 0 Å². The molecule has 6 heteroatoms. The van der Waals surface area contributed by atoms with E-state index in [4.69, 9.17) is 4.42 Å². The van der Waals surface area contributed by atoms with Crippen molar-refractivity contribution in [1.82, 2.24) is 15.2 Å². The summed E-state index contributed by atoms with van der Waals surface area (Å²) in [4.78, 5) is 31.6. The number of rotatable bonds is 8. The van der Waals surface area contributed by atoms with Crippen LogP contribution in [0.5, 0.6) is 0 Å². The van der Waals surface area contributed by atoms with Crippen molar-refractivity contribution in [3.8, 4) is 0 Å². The molecule has 3 aromatic rings. The minimum atomic E-state index is -0.269. The Hall–Kier alpha value is -3.15. The Morgan fingerprint density at radius 1 is 1.03 bits per heavy atom. The summed E-state index contributed by atoms with van der Waals surface area (Å²) in [5.74, 6) is 0.616. The SMILES string of the molecule is CC(C)CNC(=O)c1coc(CN(CC(C)C)C(=O)c2cccc3ccccc23)n1. The molecule has 0 spiro atoms. The number of amides is 2. The molecule has 0 aliphatic rings. The molecule has 1 aromatic heterocycles. The summed E-state index contributed by atoms with van der Waals surface area (Å²) in [7, 11) is 0. The van der Waals surface area contributed by atoms with E-state index in [1.54, 1.807) is 4.90 Å². The number of nitrogens with zero attached hydrogens (tertiary/aromatic N) is 2. The van der Waals surface area contributed by atoms with E-state index >= 15 is 0 Å². The van der Waals surface area contributed by atoms with Gasteiger partial charge in [-0.1, -0.05) is 64.1 Å². The van der Waals surface area contributed by atoms with Crippen LogP contribution < -0.4 is 5.32 Å². The smallest absolute Gasteiger partial charge is 0.273 e. The second-order valence-corrected chi connectivity index (χ2v) is 8.34. The molecule has 2 amide bonds. The Bertz CT molecular complexity index is 1020. The van der Waals surface area contributed by atoms with E-state index in [0.717, 1.165) is 10.8 Å². The van der Waals surface area contributed by atoms with Gasteiger partial charge in [0, 0.05) is 18.7 Å². The fourth-order valence-electron chi connectivity index (χ4n) is 3.28. The highest BCUT2D eigenvalue weighted by molar-refractivity contribution is 6.07. The molecule has 1 heterocycles. The topological polar surface area (TPSA) is 75.4 Å². The van der Waals surface area contributed by atoms with Crippen molar-refractivity contribution in [2.75, 3.05) is 13.1 Å². The number of hydrogen-bond acceptors (Lipinski definition) is 4. The summed E-state index contributed by atoms with van der Waals surface area (Å²) < 4.78 is 5.51. The van der Waals surface area contributed by atoms with Gasteiger partial charge in [-0.15, -0.1) is 0 Å². The maximum absolute atomic E-state index is 13.4. The first kappa shape index (κ1) is 21.6. The van der Waals surface area contributed by atoms with Crippen molar-refractivity contribution in [1.29, 1.82) is 0 Å². The molecule has 0 saturated heterocycles. The number of fused-ring (bicyclic) bond motifs is 1. The lowest BCUT2D eigenvalue weighted by molar-refractivity contribution is 0.0708. The van der Waals surface area contributed by atoms with Gasteiger partial charge < -0.3 is 14.6 Å². The number of carbonyl (C=O) groups excluding carboxylic acids is 2. The summed E-state index contributed by atoms with van der Waals surface area (Å²) in [6.45, 7) is 9.50. The molecule has 1 N–H and O–H groups in total. The van der Waals surface area contributed by atoms with E-state index < -0.39 is 0 Å². The quantitative estimate of drug-likeness (QED) is 0.596. The molecule has 0 bridgehead atoms. The Kier molecular flexibility index (Phi) is 6.87. The summed E-state index contributed by atoms with van der Waals surface area (Å²) >= 11 is 0. The van der Waals surface area contributed by atoms with Gasteiger partial charge in [0.05, 0.1) is 6.54 Å². The van der Waals surface area contributed by atoms with E-state index in [-0.39, 0.29) is 30.0 Å². The summed E-state index contributed by atoms with van der Waals surface area (Å²) in [6.07, 6.45) is 1.35. The summed E-state index contributed by atoms with van der Waals surface area (Å²) in [5.41, 5.74) is 0.878. The van der Waals surface area contributed by atoms with E-state index in [0.29, 0.717) is 30.5 Å². The lowest BCUT2D eigenvalue weighted by Crippen LogP contribution is -2.34. The van der Waals surface area contributed by atoms with Crippen LogP contribution >= 0.6 is 0 Å². The highest BCUT2D eigenvalue weighted by Gasteiger charge is 2.22. The van der Waals surface area contributed by atoms with Gasteiger partial charge in [0.25, 0.3) is 11.8 Å². The maximum Gasteiger partial charge on any atom is 0.273 e. The van der Waals surface area contributed by atoms with Crippen LogP contribution in [0.4, 0.5) is 0 Å². The standard InChI is InChI=1S/C24H29N3O3/c1-16(2)12-25-23(28)21-15-30-22(26-21)14-27(13-17(3)4)24(29)20-11-7-9-18-8-5-6-10-19(18)20/h5-11,15-17H,12-14H2,1-4H3,(H,25,28). The van der Waals surface area contributed by atoms with Crippen LogP contribution in [-0.4, -0.2) is 34.8 Å². The van der Waals surface area contributed by atoms with E-state index in [9.17, 15) is 9.59 Å².